The summed E-state index contributed by atoms with van der Waals surface area (Å²) in [5.41, 5.74) is 0.287. The molecule has 1 aliphatic rings. The molecule has 1 aliphatic heterocycles. The number of halogens is 4. The number of hydrogen-bond acceptors (Lipinski definition) is 3. The first-order valence-electron chi connectivity index (χ1n) is 7.85. The third-order valence-corrected chi connectivity index (χ3v) is 3.86. The number of piperazine rings is 1. The van der Waals surface area contributed by atoms with E-state index in [1.165, 1.54) is 34.1 Å². The molecule has 0 atom stereocenters. The van der Waals surface area contributed by atoms with Crippen molar-refractivity contribution in [2.75, 3.05) is 39.3 Å². The van der Waals surface area contributed by atoms with Gasteiger partial charge in [0, 0.05) is 44.7 Å². The van der Waals surface area contributed by atoms with Crippen molar-refractivity contribution in [3.8, 4) is 0 Å². The standard InChI is InChI=1S/C16H19F4N3O2/c17-13-3-1-12(2-4-13)15(25)21-6-5-14(24)23-9-7-22(8-10-23)11-16(18,19)20/h1-4H,5-11H2,(H,21,25). The number of benzene rings is 1. The van der Waals surface area contributed by atoms with E-state index in [0.717, 1.165) is 0 Å². The number of nitrogens with one attached hydrogen (secondary N) is 1. The number of amides is 2. The zero-order valence-electron chi connectivity index (χ0n) is 13.5. The Hall–Kier alpha value is -2.16. The lowest BCUT2D eigenvalue weighted by Gasteiger charge is -2.35. The fraction of sp³-hybridized carbons (Fsp3) is 0.500. The Bertz CT molecular complexity index is 596. The minimum absolute atomic E-state index is 0.0617. The predicted molar refractivity (Wildman–Crippen MR) is 82.4 cm³/mol. The predicted octanol–water partition coefficient (Wildman–Crippen LogP) is 1.65. The molecule has 1 saturated heterocycles. The van der Waals surface area contributed by atoms with Crippen molar-refractivity contribution in [1.29, 1.82) is 0 Å². The SMILES string of the molecule is O=C(NCCC(=O)N1CCN(CC(F)(F)F)CC1)c1ccc(F)cc1. The van der Waals surface area contributed by atoms with E-state index in [1.54, 1.807) is 0 Å². The molecule has 1 N–H and O–H groups in total. The van der Waals surface area contributed by atoms with Gasteiger partial charge in [0.15, 0.2) is 0 Å². The Kier molecular flexibility index (Phi) is 6.35. The van der Waals surface area contributed by atoms with E-state index in [0.29, 0.717) is 0 Å². The van der Waals surface area contributed by atoms with Crippen molar-refractivity contribution >= 4 is 11.8 Å². The third kappa shape index (κ3) is 6.33. The van der Waals surface area contributed by atoms with Gasteiger partial charge in [0.2, 0.25) is 5.91 Å². The smallest absolute Gasteiger partial charge is 0.352 e. The average Bonchev–Trinajstić information content (AvgIpc) is 2.54. The zero-order valence-corrected chi connectivity index (χ0v) is 13.5. The number of carbonyl (C=O) groups excluding carboxylic acids is 2. The molecule has 0 bridgehead atoms. The van der Waals surface area contributed by atoms with Gasteiger partial charge in [-0.2, -0.15) is 13.2 Å². The molecule has 1 aromatic carbocycles. The second kappa shape index (κ2) is 8.28. The average molecular weight is 361 g/mol. The first-order chi connectivity index (χ1) is 11.7. The van der Waals surface area contributed by atoms with Crippen LogP contribution in [0.5, 0.6) is 0 Å². The number of nitrogens with zero attached hydrogens (tertiary/aromatic N) is 2. The molecule has 5 nitrogen and oxygen atoms in total. The van der Waals surface area contributed by atoms with Gasteiger partial charge in [0.25, 0.3) is 5.91 Å². The van der Waals surface area contributed by atoms with Gasteiger partial charge in [0.05, 0.1) is 6.54 Å². The highest BCUT2D eigenvalue weighted by molar-refractivity contribution is 5.94. The first kappa shape index (κ1) is 19.2. The minimum atomic E-state index is -4.24. The van der Waals surface area contributed by atoms with E-state index < -0.39 is 24.4 Å². The molecule has 2 amide bonds. The van der Waals surface area contributed by atoms with E-state index in [2.05, 4.69) is 5.32 Å². The van der Waals surface area contributed by atoms with E-state index in [1.807, 2.05) is 0 Å². The molecular weight excluding hydrogens is 342 g/mol. The number of carbonyl (C=O) groups is 2. The van der Waals surface area contributed by atoms with Crippen LogP contribution < -0.4 is 5.32 Å². The highest BCUT2D eigenvalue weighted by atomic mass is 19.4. The second-order valence-electron chi connectivity index (χ2n) is 5.78. The summed E-state index contributed by atoms with van der Waals surface area (Å²) in [6.07, 6.45) is -4.18. The maximum Gasteiger partial charge on any atom is 0.401 e. The Balaban J connectivity index is 1.69. The Labute approximate surface area is 142 Å². The van der Waals surface area contributed by atoms with Crippen LogP contribution >= 0.6 is 0 Å². The van der Waals surface area contributed by atoms with Gasteiger partial charge in [-0.15, -0.1) is 0 Å². The van der Waals surface area contributed by atoms with E-state index in [-0.39, 0.29) is 50.6 Å². The van der Waals surface area contributed by atoms with Crippen LogP contribution in [0.4, 0.5) is 17.6 Å². The lowest BCUT2D eigenvalue weighted by atomic mass is 10.2. The van der Waals surface area contributed by atoms with Crippen LogP contribution in [0.3, 0.4) is 0 Å². The van der Waals surface area contributed by atoms with Crippen molar-refractivity contribution in [2.45, 2.75) is 12.6 Å². The van der Waals surface area contributed by atoms with E-state index in [4.69, 9.17) is 0 Å². The molecule has 138 valence electrons. The van der Waals surface area contributed by atoms with Crippen LogP contribution in [0.1, 0.15) is 16.8 Å². The Morgan fingerprint density at radius 1 is 1.04 bits per heavy atom. The molecule has 0 unspecified atom stereocenters. The van der Waals surface area contributed by atoms with Gasteiger partial charge < -0.3 is 10.2 Å². The van der Waals surface area contributed by atoms with Crippen LogP contribution in [-0.2, 0) is 4.79 Å². The molecule has 1 aromatic rings. The van der Waals surface area contributed by atoms with Gasteiger partial charge in [-0.25, -0.2) is 4.39 Å². The first-order valence-corrected chi connectivity index (χ1v) is 7.85. The summed E-state index contributed by atoms with van der Waals surface area (Å²) < 4.78 is 49.7. The largest absolute Gasteiger partial charge is 0.401 e. The van der Waals surface area contributed by atoms with E-state index >= 15 is 0 Å². The van der Waals surface area contributed by atoms with Crippen LogP contribution in [0.15, 0.2) is 24.3 Å². The fourth-order valence-corrected chi connectivity index (χ4v) is 2.55. The summed E-state index contributed by atoms with van der Waals surface area (Å²) in [6, 6.07) is 5.01. The molecule has 1 fully saturated rings. The molecule has 0 aromatic heterocycles. The molecule has 1 heterocycles. The van der Waals surface area contributed by atoms with Crippen molar-refractivity contribution in [3.63, 3.8) is 0 Å². The molecule has 25 heavy (non-hydrogen) atoms. The number of rotatable bonds is 5. The highest BCUT2D eigenvalue weighted by Gasteiger charge is 2.32. The normalized spacial score (nSPS) is 15.9. The molecular formula is C16H19F4N3O2. The zero-order chi connectivity index (χ0) is 18.4. The van der Waals surface area contributed by atoms with Crippen LogP contribution in [0.25, 0.3) is 0 Å². The molecule has 0 radical (unpaired) electrons. The highest BCUT2D eigenvalue weighted by Crippen LogP contribution is 2.17. The summed E-state index contributed by atoms with van der Waals surface area (Å²) >= 11 is 0. The maximum absolute atomic E-state index is 12.8. The van der Waals surface area contributed by atoms with Crippen molar-refractivity contribution in [1.82, 2.24) is 15.1 Å². The van der Waals surface area contributed by atoms with E-state index in [9.17, 15) is 27.2 Å². The summed E-state index contributed by atoms with van der Waals surface area (Å²) in [5, 5.41) is 2.56. The lowest BCUT2D eigenvalue weighted by molar-refractivity contribution is -0.151. The minimum Gasteiger partial charge on any atom is -0.352 e. The van der Waals surface area contributed by atoms with Gasteiger partial charge in [0.1, 0.15) is 5.82 Å². The van der Waals surface area contributed by atoms with Gasteiger partial charge in [-0.3, -0.25) is 14.5 Å². The summed E-state index contributed by atoms with van der Waals surface area (Å²) in [5.74, 6) is -1.08. The van der Waals surface area contributed by atoms with Crippen molar-refractivity contribution in [3.05, 3.63) is 35.6 Å². The lowest BCUT2D eigenvalue weighted by Crippen LogP contribution is -2.51. The molecule has 9 heteroatoms. The Morgan fingerprint density at radius 2 is 1.64 bits per heavy atom. The monoisotopic (exact) mass is 361 g/mol. The third-order valence-electron chi connectivity index (χ3n) is 3.86. The van der Waals surface area contributed by atoms with Crippen LogP contribution in [-0.4, -0.2) is 67.1 Å². The number of alkyl halides is 3. The molecule has 0 spiro atoms. The molecule has 2 rings (SSSR count). The van der Waals surface area contributed by atoms with Crippen molar-refractivity contribution < 1.29 is 27.2 Å². The second-order valence-corrected chi connectivity index (χ2v) is 5.78. The topological polar surface area (TPSA) is 52.7 Å². The molecule has 0 aliphatic carbocycles. The quantitative estimate of drug-likeness (QED) is 0.812. The molecule has 0 saturated carbocycles. The summed E-state index contributed by atoms with van der Waals surface area (Å²) in [4.78, 5) is 26.6. The van der Waals surface area contributed by atoms with Crippen molar-refractivity contribution in [2.24, 2.45) is 0 Å². The fourth-order valence-electron chi connectivity index (χ4n) is 2.55. The van der Waals surface area contributed by atoms with Gasteiger partial charge in [-0.05, 0) is 24.3 Å². The number of hydrogen-bond donors (Lipinski definition) is 1. The summed E-state index contributed by atoms with van der Waals surface area (Å²) in [6.45, 7) is -0.0391. The van der Waals surface area contributed by atoms with Crippen LogP contribution in [0.2, 0.25) is 0 Å². The van der Waals surface area contributed by atoms with Gasteiger partial charge in [-0.1, -0.05) is 0 Å². The summed E-state index contributed by atoms with van der Waals surface area (Å²) in [7, 11) is 0. The Morgan fingerprint density at radius 3 is 2.20 bits per heavy atom. The van der Waals surface area contributed by atoms with Crippen LogP contribution in [0, 0.1) is 5.82 Å². The maximum atomic E-state index is 12.8. The van der Waals surface area contributed by atoms with Gasteiger partial charge >= 0.3 is 6.18 Å².